The van der Waals surface area contributed by atoms with Gasteiger partial charge in [-0.15, -0.1) is 0 Å². The lowest BCUT2D eigenvalue weighted by Crippen LogP contribution is -2.31. The van der Waals surface area contributed by atoms with E-state index in [1.54, 1.807) is 17.7 Å². The van der Waals surface area contributed by atoms with Gasteiger partial charge in [0.05, 0.1) is 24.1 Å². The molecule has 0 amide bonds. The number of benzene rings is 2. The largest absolute Gasteiger partial charge is 0.395 e. The van der Waals surface area contributed by atoms with Crippen LogP contribution in [0.4, 0.5) is 0 Å². The highest BCUT2D eigenvalue weighted by molar-refractivity contribution is 5.77. The van der Waals surface area contributed by atoms with Gasteiger partial charge in [-0.2, -0.15) is 0 Å². The number of aromatic nitrogens is 2. The van der Waals surface area contributed by atoms with Crippen LogP contribution >= 0.6 is 0 Å². The Morgan fingerprint density at radius 3 is 2.50 bits per heavy atom. The molecular formula is C19H21N3O2. The first-order valence-electron chi connectivity index (χ1n) is 8.01. The smallest absolute Gasteiger partial charge is 0.261 e. The summed E-state index contributed by atoms with van der Waals surface area (Å²) in [5, 5.41) is 9.98. The Labute approximate surface area is 140 Å². The van der Waals surface area contributed by atoms with Gasteiger partial charge in [0.1, 0.15) is 5.82 Å². The van der Waals surface area contributed by atoms with E-state index in [9.17, 15) is 9.90 Å². The quantitative estimate of drug-likeness (QED) is 0.753. The number of aliphatic hydroxyl groups is 1. The van der Waals surface area contributed by atoms with Crippen molar-refractivity contribution >= 4 is 10.9 Å². The molecule has 0 aliphatic heterocycles. The van der Waals surface area contributed by atoms with E-state index in [2.05, 4.69) is 22.0 Å². The van der Waals surface area contributed by atoms with Gasteiger partial charge in [0.15, 0.2) is 0 Å². The molecular weight excluding hydrogens is 302 g/mol. The number of para-hydroxylation sites is 1. The maximum Gasteiger partial charge on any atom is 0.261 e. The van der Waals surface area contributed by atoms with Crippen LogP contribution in [0.25, 0.3) is 10.9 Å². The van der Waals surface area contributed by atoms with Crippen molar-refractivity contribution in [1.29, 1.82) is 0 Å². The predicted molar refractivity (Wildman–Crippen MR) is 94.6 cm³/mol. The number of nitrogens with zero attached hydrogens (tertiary/aromatic N) is 3. The lowest BCUT2D eigenvalue weighted by atomic mass is 10.2. The van der Waals surface area contributed by atoms with Crippen LogP contribution in [-0.4, -0.2) is 32.7 Å². The molecule has 5 nitrogen and oxygen atoms in total. The van der Waals surface area contributed by atoms with Gasteiger partial charge in [0, 0.05) is 20.1 Å². The van der Waals surface area contributed by atoms with Crippen LogP contribution in [0, 0.1) is 0 Å². The van der Waals surface area contributed by atoms with Crippen LogP contribution in [0.3, 0.4) is 0 Å². The van der Waals surface area contributed by atoms with Crippen molar-refractivity contribution in [3.05, 3.63) is 76.3 Å². The Kier molecular flexibility index (Phi) is 5.03. The average Bonchev–Trinajstić information content (AvgIpc) is 2.60. The zero-order valence-electron chi connectivity index (χ0n) is 13.7. The van der Waals surface area contributed by atoms with Gasteiger partial charge in [-0.1, -0.05) is 42.5 Å². The molecule has 3 aromatic rings. The molecule has 0 atom stereocenters. The van der Waals surface area contributed by atoms with E-state index in [1.807, 2.05) is 36.4 Å². The van der Waals surface area contributed by atoms with Crippen LogP contribution in [0.1, 0.15) is 11.4 Å². The fourth-order valence-corrected chi connectivity index (χ4v) is 2.80. The molecule has 1 aromatic heterocycles. The third-order valence-electron chi connectivity index (χ3n) is 4.11. The Morgan fingerprint density at radius 1 is 1.04 bits per heavy atom. The molecule has 1 N–H and O–H groups in total. The Morgan fingerprint density at radius 2 is 1.75 bits per heavy atom. The van der Waals surface area contributed by atoms with Gasteiger partial charge in [0.2, 0.25) is 0 Å². The van der Waals surface area contributed by atoms with Crippen LogP contribution < -0.4 is 5.56 Å². The number of hydrogen-bond donors (Lipinski definition) is 1. The Balaban J connectivity index is 1.91. The summed E-state index contributed by atoms with van der Waals surface area (Å²) in [5.41, 5.74) is 1.83. The zero-order valence-corrected chi connectivity index (χ0v) is 13.7. The minimum atomic E-state index is -0.0424. The number of rotatable bonds is 6. The Bertz CT molecular complexity index is 875. The van der Waals surface area contributed by atoms with Crippen molar-refractivity contribution < 1.29 is 5.11 Å². The van der Waals surface area contributed by atoms with E-state index in [-0.39, 0.29) is 12.2 Å². The van der Waals surface area contributed by atoms with Crippen LogP contribution in [0.5, 0.6) is 0 Å². The summed E-state index contributed by atoms with van der Waals surface area (Å²) in [4.78, 5) is 19.2. The fourth-order valence-electron chi connectivity index (χ4n) is 2.80. The maximum absolute atomic E-state index is 12.5. The van der Waals surface area contributed by atoms with Crippen molar-refractivity contribution in [1.82, 2.24) is 14.5 Å². The summed E-state index contributed by atoms with van der Waals surface area (Å²) in [7, 11) is 1.75. The summed E-state index contributed by atoms with van der Waals surface area (Å²) in [5.74, 6) is 0.697. The monoisotopic (exact) mass is 323 g/mol. The fraction of sp³-hybridized carbons (Fsp3) is 0.263. The van der Waals surface area contributed by atoms with Crippen molar-refractivity contribution in [3.63, 3.8) is 0 Å². The second kappa shape index (κ2) is 7.38. The first-order valence-corrected chi connectivity index (χ1v) is 8.01. The highest BCUT2D eigenvalue weighted by Crippen LogP contribution is 2.11. The molecule has 0 bridgehead atoms. The molecule has 124 valence electrons. The number of aliphatic hydroxyl groups excluding tert-OH is 1. The minimum Gasteiger partial charge on any atom is -0.395 e. The van der Waals surface area contributed by atoms with Gasteiger partial charge in [-0.25, -0.2) is 4.98 Å². The zero-order chi connectivity index (χ0) is 16.9. The highest BCUT2D eigenvalue weighted by Gasteiger charge is 2.12. The minimum absolute atomic E-state index is 0.0424. The molecule has 24 heavy (non-hydrogen) atoms. The molecule has 0 fully saturated rings. The first kappa shape index (κ1) is 16.4. The molecule has 0 spiro atoms. The van der Waals surface area contributed by atoms with Crippen molar-refractivity contribution in [2.75, 3.05) is 13.2 Å². The summed E-state index contributed by atoms with van der Waals surface area (Å²) in [6, 6.07) is 17.5. The topological polar surface area (TPSA) is 58.4 Å². The van der Waals surface area contributed by atoms with E-state index >= 15 is 0 Å². The SMILES string of the molecule is Cn1c(CN(CCO)Cc2ccccc2)nc2ccccc2c1=O. The average molecular weight is 323 g/mol. The molecule has 0 aliphatic rings. The standard InChI is InChI=1S/C19H21N3O2/c1-21-18(20-17-10-6-5-9-16(17)19(21)24)14-22(11-12-23)13-15-7-3-2-4-8-15/h2-10,23H,11-14H2,1H3. The third kappa shape index (κ3) is 3.53. The first-order chi connectivity index (χ1) is 11.7. The van der Waals surface area contributed by atoms with E-state index < -0.39 is 0 Å². The van der Waals surface area contributed by atoms with E-state index in [0.717, 1.165) is 5.56 Å². The van der Waals surface area contributed by atoms with E-state index in [1.165, 1.54) is 0 Å². The summed E-state index contributed by atoms with van der Waals surface area (Å²) >= 11 is 0. The predicted octanol–water partition coefficient (Wildman–Crippen LogP) is 1.93. The maximum atomic E-state index is 12.5. The number of hydrogen-bond acceptors (Lipinski definition) is 4. The van der Waals surface area contributed by atoms with Gasteiger partial charge in [0.25, 0.3) is 5.56 Å². The lowest BCUT2D eigenvalue weighted by molar-refractivity contribution is 0.179. The van der Waals surface area contributed by atoms with Crippen molar-refractivity contribution in [3.8, 4) is 0 Å². The Hall–Kier alpha value is -2.50. The molecule has 0 saturated heterocycles. The molecule has 5 heteroatoms. The highest BCUT2D eigenvalue weighted by atomic mass is 16.3. The van der Waals surface area contributed by atoms with E-state index in [4.69, 9.17) is 0 Å². The third-order valence-corrected chi connectivity index (χ3v) is 4.11. The summed E-state index contributed by atoms with van der Waals surface area (Å²) in [6.07, 6.45) is 0. The molecule has 0 unspecified atom stereocenters. The van der Waals surface area contributed by atoms with Gasteiger partial charge < -0.3 is 5.11 Å². The molecule has 0 saturated carbocycles. The van der Waals surface area contributed by atoms with Gasteiger partial charge in [-0.3, -0.25) is 14.3 Å². The summed E-state index contributed by atoms with van der Waals surface area (Å²) < 4.78 is 1.59. The summed E-state index contributed by atoms with van der Waals surface area (Å²) in [6.45, 7) is 1.79. The van der Waals surface area contributed by atoms with Crippen molar-refractivity contribution in [2.45, 2.75) is 13.1 Å². The number of fused-ring (bicyclic) bond motifs is 1. The second-order valence-corrected chi connectivity index (χ2v) is 5.83. The lowest BCUT2D eigenvalue weighted by Gasteiger charge is -2.22. The molecule has 2 aromatic carbocycles. The normalized spacial score (nSPS) is 11.3. The molecule has 0 radical (unpaired) electrons. The van der Waals surface area contributed by atoms with Crippen LogP contribution in [-0.2, 0) is 20.1 Å². The van der Waals surface area contributed by atoms with Crippen molar-refractivity contribution in [2.24, 2.45) is 7.05 Å². The van der Waals surface area contributed by atoms with Crippen LogP contribution in [0.2, 0.25) is 0 Å². The van der Waals surface area contributed by atoms with Gasteiger partial charge in [-0.05, 0) is 17.7 Å². The van der Waals surface area contributed by atoms with Crippen LogP contribution in [0.15, 0.2) is 59.4 Å². The molecule has 0 aliphatic carbocycles. The van der Waals surface area contributed by atoms with Gasteiger partial charge >= 0.3 is 0 Å². The second-order valence-electron chi connectivity index (χ2n) is 5.83. The molecule has 3 rings (SSSR count). The van der Waals surface area contributed by atoms with E-state index in [0.29, 0.717) is 36.4 Å². The molecule has 1 heterocycles.